The Labute approximate surface area is 110 Å². The van der Waals surface area contributed by atoms with Gasteiger partial charge in [-0.2, -0.15) is 0 Å². The first kappa shape index (κ1) is 15.0. The summed E-state index contributed by atoms with van der Waals surface area (Å²) in [6.45, 7) is 8.25. The first-order valence-corrected chi connectivity index (χ1v) is 6.71. The van der Waals surface area contributed by atoms with Gasteiger partial charge in [0.05, 0.1) is 6.61 Å². The molecule has 1 atom stereocenters. The smallest absolute Gasteiger partial charge is 0.122 e. The minimum absolute atomic E-state index is 0.0649. The third-order valence-corrected chi connectivity index (χ3v) is 2.85. The lowest BCUT2D eigenvalue weighted by Gasteiger charge is -2.12. The molecule has 0 aliphatic carbocycles. The molecule has 0 unspecified atom stereocenters. The van der Waals surface area contributed by atoms with E-state index in [9.17, 15) is 0 Å². The van der Waals surface area contributed by atoms with Gasteiger partial charge in [0.15, 0.2) is 0 Å². The van der Waals surface area contributed by atoms with E-state index >= 15 is 0 Å². The molecule has 0 aromatic heterocycles. The van der Waals surface area contributed by atoms with E-state index in [0.717, 1.165) is 29.9 Å². The number of benzene rings is 1. The van der Waals surface area contributed by atoms with Crippen LogP contribution in [0, 0.1) is 6.92 Å². The molecule has 102 valence electrons. The molecule has 0 saturated heterocycles. The van der Waals surface area contributed by atoms with Crippen molar-refractivity contribution in [2.75, 3.05) is 19.8 Å². The molecule has 0 aliphatic rings. The molecule has 0 spiro atoms. The lowest BCUT2D eigenvalue weighted by Crippen LogP contribution is -2.09. The number of unbranched alkanes of at least 4 members (excludes halogenated alkanes) is 1. The van der Waals surface area contributed by atoms with E-state index in [4.69, 9.17) is 15.2 Å². The summed E-state index contributed by atoms with van der Waals surface area (Å²) >= 11 is 0. The second kappa shape index (κ2) is 8.11. The fraction of sp³-hybridized carbons (Fsp3) is 0.600. The molecule has 3 heteroatoms. The number of nitrogens with two attached hydrogens (primary N) is 1. The van der Waals surface area contributed by atoms with Crippen molar-refractivity contribution in [3.05, 3.63) is 29.3 Å². The zero-order valence-corrected chi connectivity index (χ0v) is 11.7. The van der Waals surface area contributed by atoms with Gasteiger partial charge in [0.2, 0.25) is 0 Å². The summed E-state index contributed by atoms with van der Waals surface area (Å²) in [4.78, 5) is 0. The van der Waals surface area contributed by atoms with Crippen molar-refractivity contribution in [2.45, 2.75) is 39.7 Å². The topological polar surface area (TPSA) is 44.5 Å². The molecule has 18 heavy (non-hydrogen) atoms. The molecule has 2 N–H and O–H groups in total. The summed E-state index contributed by atoms with van der Waals surface area (Å²) in [5.74, 6) is 0.915. The zero-order valence-electron chi connectivity index (χ0n) is 11.7. The van der Waals surface area contributed by atoms with Crippen molar-refractivity contribution >= 4 is 0 Å². The van der Waals surface area contributed by atoms with Crippen LogP contribution >= 0.6 is 0 Å². The number of aryl methyl sites for hydroxylation is 1. The third kappa shape index (κ3) is 5.07. The highest BCUT2D eigenvalue weighted by atomic mass is 16.5. The van der Waals surface area contributed by atoms with Gasteiger partial charge in [0.25, 0.3) is 0 Å². The Morgan fingerprint density at radius 3 is 2.61 bits per heavy atom. The van der Waals surface area contributed by atoms with Gasteiger partial charge in [-0.15, -0.1) is 0 Å². The van der Waals surface area contributed by atoms with Crippen LogP contribution in [0.2, 0.25) is 0 Å². The van der Waals surface area contributed by atoms with Gasteiger partial charge in [0.1, 0.15) is 12.4 Å². The van der Waals surface area contributed by atoms with Crippen molar-refractivity contribution in [1.82, 2.24) is 0 Å². The molecule has 1 rings (SSSR count). The average Bonchev–Trinajstić information content (AvgIpc) is 2.35. The Morgan fingerprint density at radius 1 is 1.22 bits per heavy atom. The highest BCUT2D eigenvalue weighted by Crippen LogP contribution is 2.21. The van der Waals surface area contributed by atoms with E-state index in [1.807, 2.05) is 26.0 Å². The first-order chi connectivity index (χ1) is 8.65. The van der Waals surface area contributed by atoms with Crippen molar-refractivity contribution in [3.63, 3.8) is 0 Å². The van der Waals surface area contributed by atoms with Crippen molar-refractivity contribution in [2.24, 2.45) is 5.73 Å². The SMILES string of the molecule is CCCCOCCOc1ccc([C@@H](C)N)cc1C. The van der Waals surface area contributed by atoms with Crippen LogP contribution in [0.4, 0.5) is 0 Å². The first-order valence-electron chi connectivity index (χ1n) is 6.71. The van der Waals surface area contributed by atoms with Gasteiger partial charge in [-0.1, -0.05) is 25.5 Å². The number of ether oxygens (including phenoxy) is 2. The Morgan fingerprint density at radius 2 is 2.00 bits per heavy atom. The second-order valence-corrected chi connectivity index (χ2v) is 4.63. The number of hydrogen-bond donors (Lipinski definition) is 1. The fourth-order valence-electron chi connectivity index (χ4n) is 1.68. The van der Waals surface area contributed by atoms with Crippen LogP contribution in [0.25, 0.3) is 0 Å². The molecule has 0 saturated carbocycles. The van der Waals surface area contributed by atoms with E-state index in [1.54, 1.807) is 0 Å². The van der Waals surface area contributed by atoms with Gasteiger partial charge in [0, 0.05) is 12.6 Å². The van der Waals surface area contributed by atoms with Crippen molar-refractivity contribution in [1.29, 1.82) is 0 Å². The number of hydrogen-bond acceptors (Lipinski definition) is 3. The molecule has 1 aromatic carbocycles. The monoisotopic (exact) mass is 251 g/mol. The largest absolute Gasteiger partial charge is 0.491 e. The summed E-state index contributed by atoms with van der Waals surface area (Å²) in [7, 11) is 0. The fourth-order valence-corrected chi connectivity index (χ4v) is 1.68. The normalized spacial score (nSPS) is 12.4. The zero-order chi connectivity index (χ0) is 13.4. The molecule has 0 radical (unpaired) electrons. The van der Waals surface area contributed by atoms with Gasteiger partial charge < -0.3 is 15.2 Å². The molecule has 0 aliphatic heterocycles. The standard InChI is InChI=1S/C15H25NO2/c1-4-5-8-17-9-10-18-15-7-6-14(13(3)16)11-12(15)2/h6-7,11,13H,4-5,8-10,16H2,1-3H3/t13-/m1/s1. The van der Waals surface area contributed by atoms with Crippen LogP contribution in [0.5, 0.6) is 5.75 Å². The van der Waals surface area contributed by atoms with Crippen LogP contribution in [-0.4, -0.2) is 19.8 Å². The van der Waals surface area contributed by atoms with E-state index in [0.29, 0.717) is 13.2 Å². The van der Waals surface area contributed by atoms with Crippen LogP contribution < -0.4 is 10.5 Å². The maximum Gasteiger partial charge on any atom is 0.122 e. The highest BCUT2D eigenvalue weighted by molar-refractivity contribution is 5.37. The summed E-state index contributed by atoms with van der Waals surface area (Å²) in [6.07, 6.45) is 2.28. The van der Waals surface area contributed by atoms with Crippen LogP contribution in [0.15, 0.2) is 18.2 Å². The predicted molar refractivity (Wildman–Crippen MR) is 75.0 cm³/mol. The second-order valence-electron chi connectivity index (χ2n) is 4.63. The molecular formula is C15H25NO2. The average molecular weight is 251 g/mol. The summed E-state index contributed by atoms with van der Waals surface area (Å²) in [6, 6.07) is 6.15. The van der Waals surface area contributed by atoms with Crippen LogP contribution in [0.3, 0.4) is 0 Å². The van der Waals surface area contributed by atoms with E-state index in [2.05, 4.69) is 13.0 Å². The van der Waals surface area contributed by atoms with Crippen LogP contribution in [-0.2, 0) is 4.74 Å². The lowest BCUT2D eigenvalue weighted by molar-refractivity contribution is 0.0978. The minimum atomic E-state index is 0.0649. The molecular weight excluding hydrogens is 226 g/mol. The van der Waals surface area contributed by atoms with E-state index in [1.165, 1.54) is 6.42 Å². The molecule has 0 heterocycles. The van der Waals surface area contributed by atoms with Crippen LogP contribution in [0.1, 0.15) is 43.9 Å². The van der Waals surface area contributed by atoms with Crippen molar-refractivity contribution in [3.8, 4) is 5.75 Å². The minimum Gasteiger partial charge on any atom is -0.491 e. The van der Waals surface area contributed by atoms with Crippen molar-refractivity contribution < 1.29 is 9.47 Å². The van der Waals surface area contributed by atoms with E-state index < -0.39 is 0 Å². The number of rotatable bonds is 8. The Bertz CT molecular complexity index is 350. The maximum atomic E-state index is 5.84. The molecule has 0 bridgehead atoms. The molecule has 3 nitrogen and oxygen atoms in total. The van der Waals surface area contributed by atoms with Gasteiger partial charge in [-0.05, 0) is 37.5 Å². The van der Waals surface area contributed by atoms with Gasteiger partial charge in [-0.3, -0.25) is 0 Å². The summed E-state index contributed by atoms with van der Waals surface area (Å²) < 4.78 is 11.1. The van der Waals surface area contributed by atoms with E-state index in [-0.39, 0.29) is 6.04 Å². The Kier molecular flexibility index (Phi) is 6.76. The lowest BCUT2D eigenvalue weighted by atomic mass is 10.1. The highest BCUT2D eigenvalue weighted by Gasteiger charge is 2.04. The predicted octanol–water partition coefficient (Wildman–Crippen LogP) is 3.21. The maximum absolute atomic E-state index is 5.84. The molecule has 1 aromatic rings. The molecule has 0 fully saturated rings. The summed E-state index contributed by atoms with van der Waals surface area (Å²) in [5, 5.41) is 0. The third-order valence-electron chi connectivity index (χ3n) is 2.85. The molecule has 0 amide bonds. The Hall–Kier alpha value is -1.06. The Balaban J connectivity index is 2.34. The summed E-state index contributed by atoms with van der Waals surface area (Å²) in [5.41, 5.74) is 8.10. The van der Waals surface area contributed by atoms with Gasteiger partial charge >= 0.3 is 0 Å². The quantitative estimate of drug-likeness (QED) is 0.722. The van der Waals surface area contributed by atoms with Gasteiger partial charge in [-0.25, -0.2) is 0 Å².